The average molecular weight is 302 g/mol. The third kappa shape index (κ3) is 2.61. The van der Waals surface area contributed by atoms with E-state index in [1.165, 1.54) is 12.1 Å². The van der Waals surface area contributed by atoms with E-state index in [2.05, 4.69) is 10.1 Å². The predicted molar refractivity (Wildman–Crippen MR) is 76.8 cm³/mol. The van der Waals surface area contributed by atoms with Gasteiger partial charge in [0.1, 0.15) is 0 Å². The monoisotopic (exact) mass is 301 g/mol. The summed E-state index contributed by atoms with van der Waals surface area (Å²) < 4.78 is 5.17. The van der Waals surface area contributed by atoms with Gasteiger partial charge in [-0.15, -0.1) is 0 Å². The molecule has 7 heteroatoms. The SMILES string of the molecule is O=[N+]([O-])c1ccc(-c2nc(-c3ccccc3Cl)no2)cc1. The lowest BCUT2D eigenvalue weighted by Crippen LogP contribution is -1.87. The maximum absolute atomic E-state index is 10.6. The van der Waals surface area contributed by atoms with Crippen LogP contribution in [0.5, 0.6) is 0 Å². The Kier molecular flexibility index (Phi) is 3.37. The van der Waals surface area contributed by atoms with E-state index in [0.717, 1.165) is 0 Å². The summed E-state index contributed by atoms with van der Waals surface area (Å²) in [6.45, 7) is 0. The van der Waals surface area contributed by atoms with Gasteiger partial charge < -0.3 is 4.52 Å². The van der Waals surface area contributed by atoms with Crippen molar-refractivity contribution in [1.29, 1.82) is 0 Å². The van der Waals surface area contributed by atoms with E-state index in [-0.39, 0.29) is 11.6 Å². The smallest absolute Gasteiger partial charge is 0.269 e. The second kappa shape index (κ2) is 5.34. The quantitative estimate of drug-likeness (QED) is 0.540. The van der Waals surface area contributed by atoms with Gasteiger partial charge in [-0.2, -0.15) is 4.98 Å². The third-order valence-electron chi connectivity index (χ3n) is 2.87. The fourth-order valence-electron chi connectivity index (χ4n) is 1.82. The summed E-state index contributed by atoms with van der Waals surface area (Å²) in [5, 5.41) is 15.0. The Labute approximate surface area is 124 Å². The number of nitro benzene ring substituents is 1. The van der Waals surface area contributed by atoms with Crippen LogP contribution in [0.3, 0.4) is 0 Å². The molecule has 1 heterocycles. The summed E-state index contributed by atoms with van der Waals surface area (Å²) in [6.07, 6.45) is 0. The van der Waals surface area contributed by atoms with Crippen molar-refractivity contribution in [3.63, 3.8) is 0 Å². The molecule has 21 heavy (non-hydrogen) atoms. The molecule has 3 rings (SSSR count). The van der Waals surface area contributed by atoms with E-state index < -0.39 is 4.92 Å². The fraction of sp³-hybridized carbons (Fsp3) is 0. The van der Waals surface area contributed by atoms with Gasteiger partial charge in [-0.1, -0.05) is 28.9 Å². The molecule has 0 aliphatic rings. The molecule has 0 radical (unpaired) electrons. The fourth-order valence-corrected chi connectivity index (χ4v) is 2.04. The minimum Gasteiger partial charge on any atom is -0.334 e. The van der Waals surface area contributed by atoms with E-state index in [1.807, 2.05) is 12.1 Å². The van der Waals surface area contributed by atoms with Gasteiger partial charge in [-0.25, -0.2) is 0 Å². The largest absolute Gasteiger partial charge is 0.334 e. The Bertz CT molecular complexity index is 799. The average Bonchev–Trinajstić information content (AvgIpc) is 2.97. The normalized spacial score (nSPS) is 10.5. The number of nitrogens with zero attached hydrogens (tertiary/aromatic N) is 3. The first-order valence-corrected chi connectivity index (χ1v) is 6.36. The van der Waals surface area contributed by atoms with Gasteiger partial charge in [0, 0.05) is 23.3 Å². The highest BCUT2D eigenvalue weighted by atomic mass is 35.5. The molecule has 0 saturated carbocycles. The van der Waals surface area contributed by atoms with Gasteiger partial charge >= 0.3 is 0 Å². The van der Waals surface area contributed by atoms with Gasteiger partial charge in [-0.05, 0) is 24.3 Å². The Balaban J connectivity index is 1.95. The number of hydrogen-bond acceptors (Lipinski definition) is 5. The van der Waals surface area contributed by atoms with Crippen LogP contribution in [0.15, 0.2) is 53.1 Å². The number of rotatable bonds is 3. The first kappa shape index (κ1) is 13.3. The van der Waals surface area contributed by atoms with Crippen molar-refractivity contribution in [3.8, 4) is 22.8 Å². The van der Waals surface area contributed by atoms with Gasteiger partial charge in [0.25, 0.3) is 11.6 Å². The van der Waals surface area contributed by atoms with Crippen LogP contribution in [0.1, 0.15) is 0 Å². The molecule has 3 aromatic rings. The van der Waals surface area contributed by atoms with Gasteiger partial charge in [0.05, 0.1) is 9.95 Å². The lowest BCUT2D eigenvalue weighted by Gasteiger charge is -1.96. The number of benzene rings is 2. The maximum Gasteiger partial charge on any atom is 0.269 e. The number of hydrogen-bond donors (Lipinski definition) is 0. The van der Waals surface area contributed by atoms with Gasteiger partial charge in [0.15, 0.2) is 0 Å². The van der Waals surface area contributed by atoms with Gasteiger partial charge in [-0.3, -0.25) is 10.1 Å². The topological polar surface area (TPSA) is 82.1 Å². The predicted octanol–water partition coefficient (Wildman–Crippen LogP) is 3.97. The molecule has 0 fully saturated rings. The molecule has 2 aromatic carbocycles. The molecule has 0 saturated heterocycles. The lowest BCUT2D eigenvalue weighted by atomic mass is 10.2. The Hall–Kier alpha value is -2.73. The van der Waals surface area contributed by atoms with Crippen molar-refractivity contribution in [2.24, 2.45) is 0 Å². The van der Waals surface area contributed by atoms with E-state index in [0.29, 0.717) is 22.0 Å². The van der Waals surface area contributed by atoms with E-state index in [4.69, 9.17) is 16.1 Å². The first-order valence-electron chi connectivity index (χ1n) is 5.98. The van der Waals surface area contributed by atoms with E-state index >= 15 is 0 Å². The molecule has 0 bridgehead atoms. The summed E-state index contributed by atoms with van der Waals surface area (Å²) >= 11 is 6.07. The molecule has 0 unspecified atom stereocenters. The minimum absolute atomic E-state index is 0.00425. The second-order valence-electron chi connectivity index (χ2n) is 4.21. The molecule has 0 N–H and O–H groups in total. The van der Waals surface area contributed by atoms with Crippen molar-refractivity contribution in [1.82, 2.24) is 10.1 Å². The number of non-ortho nitro benzene ring substituents is 1. The van der Waals surface area contributed by atoms with Crippen LogP contribution in [0.25, 0.3) is 22.8 Å². The highest BCUT2D eigenvalue weighted by molar-refractivity contribution is 6.33. The standard InChI is InChI=1S/C14H8ClN3O3/c15-12-4-2-1-3-11(12)13-16-14(21-17-13)9-5-7-10(8-6-9)18(19)20/h1-8H. The molecule has 104 valence electrons. The van der Waals surface area contributed by atoms with Crippen LogP contribution in [0.2, 0.25) is 5.02 Å². The molecule has 0 atom stereocenters. The van der Waals surface area contributed by atoms with Crippen molar-refractivity contribution in [2.45, 2.75) is 0 Å². The molecule has 6 nitrogen and oxygen atoms in total. The van der Waals surface area contributed by atoms with Crippen LogP contribution in [-0.4, -0.2) is 15.1 Å². The van der Waals surface area contributed by atoms with Crippen molar-refractivity contribution in [3.05, 3.63) is 63.7 Å². The minimum atomic E-state index is -0.466. The molecular formula is C14H8ClN3O3. The maximum atomic E-state index is 10.6. The van der Waals surface area contributed by atoms with Crippen LogP contribution in [0, 0.1) is 10.1 Å². The highest BCUT2D eigenvalue weighted by Crippen LogP contribution is 2.28. The zero-order valence-corrected chi connectivity index (χ0v) is 11.3. The first-order chi connectivity index (χ1) is 10.1. The molecule has 0 aliphatic heterocycles. The Morgan fingerprint density at radius 1 is 1.10 bits per heavy atom. The Morgan fingerprint density at radius 2 is 1.81 bits per heavy atom. The van der Waals surface area contributed by atoms with Crippen molar-refractivity contribution < 1.29 is 9.45 Å². The number of aromatic nitrogens is 2. The van der Waals surface area contributed by atoms with Crippen LogP contribution in [0.4, 0.5) is 5.69 Å². The van der Waals surface area contributed by atoms with E-state index in [1.54, 1.807) is 24.3 Å². The summed E-state index contributed by atoms with van der Waals surface area (Å²) in [4.78, 5) is 14.4. The molecular weight excluding hydrogens is 294 g/mol. The van der Waals surface area contributed by atoms with Crippen LogP contribution in [-0.2, 0) is 0 Å². The molecule has 1 aromatic heterocycles. The molecule has 0 amide bonds. The summed E-state index contributed by atoms with van der Waals surface area (Å²) in [5.41, 5.74) is 1.27. The van der Waals surface area contributed by atoms with E-state index in [9.17, 15) is 10.1 Å². The number of nitro groups is 1. The molecule has 0 spiro atoms. The van der Waals surface area contributed by atoms with Crippen molar-refractivity contribution >= 4 is 17.3 Å². The summed E-state index contributed by atoms with van der Waals surface area (Å²) in [7, 11) is 0. The van der Waals surface area contributed by atoms with Crippen LogP contribution < -0.4 is 0 Å². The zero-order chi connectivity index (χ0) is 14.8. The van der Waals surface area contributed by atoms with Crippen LogP contribution >= 0.6 is 11.6 Å². The molecule has 0 aliphatic carbocycles. The summed E-state index contributed by atoms with van der Waals surface area (Å²) in [6, 6.07) is 13.0. The number of halogens is 1. The zero-order valence-electron chi connectivity index (χ0n) is 10.6. The van der Waals surface area contributed by atoms with Gasteiger partial charge in [0.2, 0.25) is 5.82 Å². The third-order valence-corrected chi connectivity index (χ3v) is 3.20. The second-order valence-corrected chi connectivity index (χ2v) is 4.61. The highest BCUT2D eigenvalue weighted by Gasteiger charge is 2.13. The lowest BCUT2D eigenvalue weighted by molar-refractivity contribution is -0.384. The Morgan fingerprint density at radius 3 is 2.48 bits per heavy atom. The van der Waals surface area contributed by atoms with Crippen molar-refractivity contribution in [2.75, 3.05) is 0 Å². The summed E-state index contributed by atoms with van der Waals surface area (Å²) in [5.74, 6) is 0.647.